The lowest BCUT2D eigenvalue weighted by atomic mass is 10.2. The second kappa shape index (κ2) is 5.42. The fourth-order valence-electron chi connectivity index (χ4n) is 2.09. The van der Waals surface area contributed by atoms with Crippen molar-refractivity contribution in [1.82, 2.24) is 9.97 Å². The zero-order chi connectivity index (χ0) is 14.0. The average molecular weight is 264 g/mol. The number of rotatable bonds is 6. The Morgan fingerprint density at radius 3 is 2.89 bits per heavy atom. The summed E-state index contributed by atoms with van der Waals surface area (Å²) in [5, 5.41) is 12.0. The highest BCUT2D eigenvalue weighted by atomic mass is 16.4. The number of carbonyl (C=O) groups is 1. The summed E-state index contributed by atoms with van der Waals surface area (Å²) in [5.41, 5.74) is 0. The summed E-state index contributed by atoms with van der Waals surface area (Å²) in [6.45, 7) is 5.22. The molecule has 2 N–H and O–H groups in total. The van der Waals surface area contributed by atoms with Crippen LogP contribution in [0.3, 0.4) is 0 Å². The van der Waals surface area contributed by atoms with Crippen molar-refractivity contribution in [2.24, 2.45) is 11.8 Å². The van der Waals surface area contributed by atoms with Gasteiger partial charge in [-0.15, -0.1) is 0 Å². The molecule has 2 rings (SSSR count). The average Bonchev–Trinajstić information content (AvgIpc) is 3.08. The third-order valence-corrected chi connectivity index (χ3v) is 3.12. The van der Waals surface area contributed by atoms with Gasteiger partial charge < -0.3 is 15.3 Å². The lowest BCUT2D eigenvalue weighted by Crippen LogP contribution is -2.23. The number of carboxylic acids is 1. The molecular formula is C13H20N4O2. The Hall–Kier alpha value is -1.85. The van der Waals surface area contributed by atoms with Gasteiger partial charge in [-0.25, -0.2) is 9.97 Å². The Labute approximate surface area is 112 Å². The van der Waals surface area contributed by atoms with E-state index < -0.39 is 5.97 Å². The van der Waals surface area contributed by atoms with Crippen LogP contribution in [0.15, 0.2) is 12.4 Å². The van der Waals surface area contributed by atoms with E-state index in [1.807, 2.05) is 13.1 Å². The highest BCUT2D eigenvalue weighted by Gasteiger charge is 2.43. The SMILES string of the molecule is CC(C)CN(C)c1cc(NC2CC2C(=O)O)ncn1. The lowest BCUT2D eigenvalue weighted by molar-refractivity contribution is -0.138. The molecule has 1 fully saturated rings. The van der Waals surface area contributed by atoms with Crippen LogP contribution in [-0.4, -0.2) is 40.7 Å². The number of hydrogen-bond acceptors (Lipinski definition) is 5. The van der Waals surface area contributed by atoms with Gasteiger partial charge in [0.25, 0.3) is 0 Å². The number of carboxylic acid groups (broad SMARTS) is 1. The summed E-state index contributed by atoms with van der Waals surface area (Å²) in [4.78, 5) is 21.2. The molecule has 1 aliphatic carbocycles. The molecule has 0 amide bonds. The first kappa shape index (κ1) is 13.6. The zero-order valence-electron chi connectivity index (χ0n) is 11.5. The standard InChI is InChI=1S/C13H20N4O2/c1-8(2)6-17(3)12-5-11(14-7-15-12)16-10-4-9(10)13(18)19/h5,7-10H,4,6H2,1-3H3,(H,18,19)(H,14,15,16). The fourth-order valence-corrected chi connectivity index (χ4v) is 2.09. The Morgan fingerprint density at radius 1 is 1.58 bits per heavy atom. The fraction of sp³-hybridized carbons (Fsp3) is 0.615. The number of aliphatic carboxylic acids is 1. The molecule has 1 aromatic heterocycles. The number of nitrogens with zero attached hydrogens (tertiary/aromatic N) is 3. The molecular weight excluding hydrogens is 244 g/mol. The van der Waals surface area contributed by atoms with Crippen LogP contribution < -0.4 is 10.2 Å². The molecule has 6 heteroatoms. The van der Waals surface area contributed by atoms with Crippen LogP contribution in [0.5, 0.6) is 0 Å². The first-order valence-electron chi connectivity index (χ1n) is 6.50. The highest BCUT2D eigenvalue weighted by molar-refractivity contribution is 5.75. The van der Waals surface area contributed by atoms with E-state index in [1.54, 1.807) is 0 Å². The van der Waals surface area contributed by atoms with Crippen LogP contribution in [0, 0.1) is 11.8 Å². The summed E-state index contributed by atoms with van der Waals surface area (Å²) in [7, 11) is 1.99. The van der Waals surface area contributed by atoms with E-state index in [0.29, 0.717) is 18.2 Å². The molecule has 1 aliphatic rings. The first-order valence-corrected chi connectivity index (χ1v) is 6.50. The van der Waals surface area contributed by atoms with Crippen LogP contribution in [0.25, 0.3) is 0 Å². The van der Waals surface area contributed by atoms with E-state index in [9.17, 15) is 4.79 Å². The lowest BCUT2D eigenvalue weighted by Gasteiger charge is -2.20. The van der Waals surface area contributed by atoms with E-state index in [0.717, 1.165) is 12.4 Å². The second-order valence-electron chi connectivity index (χ2n) is 5.47. The van der Waals surface area contributed by atoms with Crippen molar-refractivity contribution in [3.05, 3.63) is 12.4 Å². The molecule has 0 bridgehead atoms. The van der Waals surface area contributed by atoms with Gasteiger partial charge in [0, 0.05) is 25.7 Å². The maximum atomic E-state index is 10.8. The van der Waals surface area contributed by atoms with Gasteiger partial charge >= 0.3 is 5.97 Å². The molecule has 2 unspecified atom stereocenters. The molecule has 1 saturated carbocycles. The van der Waals surface area contributed by atoms with Crippen LogP contribution in [0.4, 0.5) is 11.6 Å². The van der Waals surface area contributed by atoms with Crippen molar-refractivity contribution < 1.29 is 9.90 Å². The molecule has 0 aliphatic heterocycles. The van der Waals surface area contributed by atoms with E-state index in [1.165, 1.54) is 6.33 Å². The van der Waals surface area contributed by atoms with E-state index >= 15 is 0 Å². The Morgan fingerprint density at radius 2 is 2.32 bits per heavy atom. The zero-order valence-corrected chi connectivity index (χ0v) is 11.5. The maximum Gasteiger partial charge on any atom is 0.308 e. The second-order valence-corrected chi connectivity index (χ2v) is 5.47. The molecule has 2 atom stereocenters. The minimum Gasteiger partial charge on any atom is -0.481 e. The third kappa shape index (κ3) is 3.56. The van der Waals surface area contributed by atoms with Gasteiger partial charge in [0.2, 0.25) is 0 Å². The molecule has 0 aromatic carbocycles. The predicted octanol–water partition coefficient (Wildman–Crippen LogP) is 1.45. The van der Waals surface area contributed by atoms with E-state index in [4.69, 9.17) is 5.11 Å². The van der Waals surface area contributed by atoms with Crippen molar-refractivity contribution in [1.29, 1.82) is 0 Å². The molecule has 1 aromatic rings. The van der Waals surface area contributed by atoms with E-state index in [2.05, 4.69) is 34.0 Å². The van der Waals surface area contributed by atoms with Gasteiger partial charge in [-0.1, -0.05) is 13.8 Å². The monoisotopic (exact) mass is 264 g/mol. The third-order valence-electron chi connectivity index (χ3n) is 3.12. The number of nitrogens with one attached hydrogen (secondary N) is 1. The van der Waals surface area contributed by atoms with Crippen molar-refractivity contribution in [2.75, 3.05) is 23.8 Å². The van der Waals surface area contributed by atoms with Gasteiger partial charge in [-0.2, -0.15) is 0 Å². The minimum atomic E-state index is -0.747. The van der Waals surface area contributed by atoms with Gasteiger partial charge in [0.15, 0.2) is 0 Å². The van der Waals surface area contributed by atoms with E-state index in [-0.39, 0.29) is 12.0 Å². The Kier molecular flexibility index (Phi) is 3.87. The minimum absolute atomic E-state index is 0.00402. The molecule has 6 nitrogen and oxygen atoms in total. The smallest absolute Gasteiger partial charge is 0.308 e. The molecule has 0 spiro atoms. The van der Waals surface area contributed by atoms with Gasteiger partial charge in [-0.05, 0) is 12.3 Å². The summed E-state index contributed by atoms with van der Waals surface area (Å²) in [6, 6.07) is 1.86. The summed E-state index contributed by atoms with van der Waals surface area (Å²) in [6.07, 6.45) is 2.17. The summed E-state index contributed by atoms with van der Waals surface area (Å²) < 4.78 is 0. The van der Waals surface area contributed by atoms with Crippen molar-refractivity contribution >= 4 is 17.6 Å². The van der Waals surface area contributed by atoms with Crippen molar-refractivity contribution in [3.8, 4) is 0 Å². The van der Waals surface area contributed by atoms with Crippen molar-refractivity contribution in [2.45, 2.75) is 26.3 Å². The van der Waals surface area contributed by atoms with Gasteiger partial charge in [-0.3, -0.25) is 4.79 Å². The largest absolute Gasteiger partial charge is 0.481 e. The quantitative estimate of drug-likeness (QED) is 0.809. The van der Waals surface area contributed by atoms with Crippen LogP contribution in [0.2, 0.25) is 0 Å². The summed E-state index contributed by atoms with van der Waals surface area (Å²) >= 11 is 0. The van der Waals surface area contributed by atoms with Crippen LogP contribution in [-0.2, 0) is 4.79 Å². The Bertz CT molecular complexity index is 464. The van der Waals surface area contributed by atoms with Crippen molar-refractivity contribution in [3.63, 3.8) is 0 Å². The number of anilines is 2. The molecule has 19 heavy (non-hydrogen) atoms. The molecule has 0 saturated heterocycles. The maximum absolute atomic E-state index is 10.8. The van der Waals surface area contributed by atoms with Gasteiger partial charge in [0.1, 0.15) is 18.0 Å². The predicted molar refractivity (Wildman–Crippen MR) is 73.3 cm³/mol. The van der Waals surface area contributed by atoms with Gasteiger partial charge in [0.05, 0.1) is 5.92 Å². The topological polar surface area (TPSA) is 78.4 Å². The molecule has 1 heterocycles. The Balaban J connectivity index is 1.98. The highest BCUT2D eigenvalue weighted by Crippen LogP contribution is 2.33. The summed E-state index contributed by atoms with van der Waals surface area (Å²) in [5.74, 6) is 1.06. The first-order chi connectivity index (χ1) is 8.97. The molecule has 0 radical (unpaired) electrons. The normalized spacial score (nSPS) is 21.3. The molecule has 104 valence electrons. The van der Waals surface area contributed by atoms with Crippen LogP contribution in [0.1, 0.15) is 20.3 Å². The number of hydrogen-bond donors (Lipinski definition) is 2. The number of aromatic nitrogens is 2. The van der Waals surface area contributed by atoms with Crippen LogP contribution >= 0.6 is 0 Å².